The topological polar surface area (TPSA) is 108 Å². The van der Waals surface area contributed by atoms with Crippen LogP contribution in [0.2, 0.25) is 0 Å². The first-order chi connectivity index (χ1) is 36.0. The van der Waals surface area contributed by atoms with Crippen LogP contribution in [0.4, 0.5) is 0 Å². The highest BCUT2D eigenvalue weighted by Crippen LogP contribution is 2.38. The molecule has 8 nitrogen and oxygen atoms in total. The molecule has 0 saturated carbocycles. The molecule has 428 valence electrons. The molecule has 74 heavy (non-hydrogen) atoms. The molecule has 0 aliphatic heterocycles. The molecule has 0 rings (SSSR count). The lowest BCUT2D eigenvalue weighted by molar-refractivity contribution is -0.870. The van der Waals surface area contributed by atoms with Gasteiger partial charge >= 0.3 is 0 Å². The Kier molecular flexibility index (Phi) is 53.3. The van der Waals surface area contributed by atoms with Crippen LogP contribution in [0, 0.1) is 0 Å². The molecule has 0 heterocycles. The van der Waals surface area contributed by atoms with E-state index in [9.17, 15) is 19.4 Å². The van der Waals surface area contributed by atoms with Gasteiger partial charge in [-0.1, -0.05) is 265 Å². The minimum atomic E-state index is -4.62. The molecule has 1 amide bonds. The van der Waals surface area contributed by atoms with Crippen LogP contribution in [0.5, 0.6) is 0 Å². The zero-order valence-electron chi connectivity index (χ0n) is 48.8. The van der Waals surface area contributed by atoms with E-state index in [-0.39, 0.29) is 12.5 Å². The van der Waals surface area contributed by atoms with Gasteiger partial charge in [0.2, 0.25) is 5.91 Å². The summed E-state index contributed by atoms with van der Waals surface area (Å²) in [7, 11) is 1.23. The smallest absolute Gasteiger partial charge is 0.268 e. The van der Waals surface area contributed by atoms with Crippen molar-refractivity contribution in [3.05, 3.63) is 97.2 Å². The maximum atomic E-state index is 13.0. The number of phosphoric ester groups is 1. The Morgan fingerprint density at radius 3 is 1.26 bits per heavy atom. The van der Waals surface area contributed by atoms with Crippen LogP contribution in [0.1, 0.15) is 258 Å². The first-order valence-electron chi connectivity index (χ1n) is 30.6. The molecule has 0 aromatic heterocycles. The van der Waals surface area contributed by atoms with Crippen molar-refractivity contribution in [2.45, 2.75) is 270 Å². The van der Waals surface area contributed by atoms with Crippen molar-refractivity contribution in [1.82, 2.24) is 5.32 Å². The number of phosphoric acid groups is 1. The molecule has 3 unspecified atom stereocenters. The summed E-state index contributed by atoms with van der Waals surface area (Å²) in [5, 5.41) is 13.9. The molecule has 0 spiro atoms. The summed E-state index contributed by atoms with van der Waals surface area (Å²) in [6.07, 6.45) is 79.2. The number of unbranched alkanes of at least 4 members (excludes halogenated alkanes) is 28. The van der Waals surface area contributed by atoms with E-state index in [1.54, 1.807) is 6.08 Å². The van der Waals surface area contributed by atoms with Crippen molar-refractivity contribution in [1.29, 1.82) is 0 Å². The molecule has 0 aromatic rings. The van der Waals surface area contributed by atoms with Crippen LogP contribution in [0.15, 0.2) is 97.2 Å². The third kappa shape index (κ3) is 57.1. The molecule has 0 aliphatic carbocycles. The van der Waals surface area contributed by atoms with Crippen LogP contribution >= 0.6 is 7.82 Å². The summed E-state index contributed by atoms with van der Waals surface area (Å²) in [5.41, 5.74) is 0. The monoisotopic (exact) mass is 1050 g/mol. The van der Waals surface area contributed by atoms with Gasteiger partial charge in [0, 0.05) is 6.42 Å². The van der Waals surface area contributed by atoms with Crippen molar-refractivity contribution in [3.8, 4) is 0 Å². The number of hydrogen-bond acceptors (Lipinski definition) is 6. The number of rotatable bonds is 55. The van der Waals surface area contributed by atoms with Gasteiger partial charge in [-0.25, -0.2) is 0 Å². The highest BCUT2D eigenvalue weighted by atomic mass is 31.2. The fourth-order valence-electron chi connectivity index (χ4n) is 8.53. The second kappa shape index (κ2) is 55.2. The van der Waals surface area contributed by atoms with E-state index in [0.717, 1.165) is 89.9 Å². The summed E-state index contributed by atoms with van der Waals surface area (Å²) in [6, 6.07) is -0.916. The van der Waals surface area contributed by atoms with Crippen LogP contribution in [-0.4, -0.2) is 68.5 Å². The van der Waals surface area contributed by atoms with E-state index in [4.69, 9.17) is 9.05 Å². The van der Waals surface area contributed by atoms with E-state index in [1.165, 1.54) is 148 Å². The van der Waals surface area contributed by atoms with Gasteiger partial charge in [0.1, 0.15) is 13.2 Å². The summed E-state index contributed by atoms with van der Waals surface area (Å²) in [6.45, 7) is 4.52. The number of quaternary nitrogens is 1. The Morgan fingerprint density at radius 2 is 0.838 bits per heavy atom. The lowest BCUT2D eigenvalue weighted by Gasteiger charge is -2.29. The third-order valence-corrected chi connectivity index (χ3v) is 14.2. The predicted molar refractivity (Wildman–Crippen MR) is 320 cm³/mol. The minimum Gasteiger partial charge on any atom is -0.756 e. The zero-order valence-corrected chi connectivity index (χ0v) is 49.7. The number of amides is 1. The number of carbonyl (C=O) groups excluding carboxylic acids is 1. The van der Waals surface area contributed by atoms with Crippen molar-refractivity contribution >= 4 is 13.7 Å². The highest BCUT2D eigenvalue weighted by Gasteiger charge is 2.23. The SMILES string of the molecule is CC/C=C\C/C=C\C/C=C\C/C=C\C/C=C\C/C=C\CCCCCCCCCCC(=O)NC(COP(=O)([O-])OCC[N+](C)(C)C)C(O)/C=C/CC/C=C/CCCCCCCCCCCCCCCCCCCCC. The first-order valence-corrected chi connectivity index (χ1v) is 32.1. The minimum absolute atomic E-state index is 0.0127. The zero-order chi connectivity index (χ0) is 54.2. The Morgan fingerprint density at radius 1 is 0.486 bits per heavy atom. The molecule has 0 aromatic carbocycles. The standard InChI is InChI=1S/C65H117N2O6P/c1-6-8-10-12-14-16-18-20-22-24-26-28-30-32-33-35-37-39-41-43-45-47-49-51-53-55-57-59-65(69)66-63(62-73-74(70,71)72-61-60-67(3,4)5)64(68)58-56-54-52-50-48-46-44-42-40-38-36-34-31-29-27-25-23-21-19-17-15-13-11-9-7-2/h8,10,14,16,20,22,26,28,32-33,37,39,48,50,56,58,63-64,68H,6-7,9,11-13,15,17-19,21,23-25,27,29-31,34-36,38,40-47,49,51-55,57,59-62H2,1-5H3,(H-,66,69,70,71)/b10-8-,16-14-,22-20-,28-26-,33-32-,39-37-,50-48+,58-56+. The number of carbonyl (C=O) groups is 1. The number of hydrogen-bond donors (Lipinski definition) is 2. The van der Waals surface area contributed by atoms with Crippen LogP contribution in [0.3, 0.4) is 0 Å². The molecule has 0 radical (unpaired) electrons. The van der Waals surface area contributed by atoms with Gasteiger partial charge in [-0.05, 0) is 83.5 Å². The van der Waals surface area contributed by atoms with Gasteiger partial charge in [-0.15, -0.1) is 0 Å². The van der Waals surface area contributed by atoms with Gasteiger partial charge in [0.15, 0.2) is 0 Å². The van der Waals surface area contributed by atoms with E-state index >= 15 is 0 Å². The fraction of sp³-hybridized carbons (Fsp3) is 0.738. The molecular formula is C65H117N2O6P. The van der Waals surface area contributed by atoms with E-state index in [0.29, 0.717) is 17.4 Å². The summed E-state index contributed by atoms with van der Waals surface area (Å²) < 4.78 is 23.4. The van der Waals surface area contributed by atoms with Gasteiger partial charge in [-0.3, -0.25) is 9.36 Å². The van der Waals surface area contributed by atoms with Gasteiger partial charge in [0.05, 0.1) is 39.9 Å². The first kappa shape index (κ1) is 71.4. The van der Waals surface area contributed by atoms with E-state index in [2.05, 4.69) is 104 Å². The van der Waals surface area contributed by atoms with Crippen LogP contribution in [0.25, 0.3) is 0 Å². The Labute approximate surface area is 458 Å². The Balaban J connectivity index is 4.27. The number of allylic oxidation sites excluding steroid dienone is 15. The number of aliphatic hydroxyl groups is 1. The number of likely N-dealkylation sites (N-methyl/N-ethyl adjacent to an activating group) is 1. The van der Waals surface area contributed by atoms with Crippen molar-refractivity contribution < 1.29 is 32.9 Å². The molecule has 3 atom stereocenters. The van der Waals surface area contributed by atoms with Gasteiger partial charge in [0.25, 0.3) is 7.82 Å². The fourth-order valence-corrected chi connectivity index (χ4v) is 9.25. The van der Waals surface area contributed by atoms with E-state index < -0.39 is 26.6 Å². The maximum Gasteiger partial charge on any atom is 0.268 e. The van der Waals surface area contributed by atoms with Crippen molar-refractivity contribution in [3.63, 3.8) is 0 Å². The summed E-state index contributed by atoms with van der Waals surface area (Å²) >= 11 is 0. The third-order valence-electron chi connectivity index (χ3n) is 13.3. The van der Waals surface area contributed by atoms with Crippen molar-refractivity contribution in [2.24, 2.45) is 0 Å². The number of nitrogens with zero attached hydrogens (tertiary/aromatic N) is 1. The maximum absolute atomic E-state index is 13.0. The Hall–Kier alpha value is -2.58. The van der Waals surface area contributed by atoms with Crippen LogP contribution in [-0.2, 0) is 18.4 Å². The van der Waals surface area contributed by atoms with Gasteiger partial charge < -0.3 is 28.8 Å². The molecule has 9 heteroatoms. The van der Waals surface area contributed by atoms with Gasteiger partial charge in [-0.2, -0.15) is 0 Å². The highest BCUT2D eigenvalue weighted by molar-refractivity contribution is 7.45. The molecule has 0 bridgehead atoms. The molecular weight excluding hydrogens is 936 g/mol. The Bertz CT molecular complexity index is 1520. The van der Waals surface area contributed by atoms with Crippen LogP contribution < -0.4 is 10.2 Å². The predicted octanol–water partition coefficient (Wildman–Crippen LogP) is 18.4. The van der Waals surface area contributed by atoms with Crippen molar-refractivity contribution in [2.75, 3.05) is 40.9 Å². The molecule has 0 fully saturated rings. The second-order valence-electron chi connectivity index (χ2n) is 21.7. The largest absolute Gasteiger partial charge is 0.756 e. The average Bonchev–Trinajstić information content (AvgIpc) is 3.36. The summed E-state index contributed by atoms with van der Waals surface area (Å²) in [5.74, 6) is -0.218. The molecule has 0 aliphatic rings. The average molecular weight is 1050 g/mol. The molecule has 0 saturated heterocycles. The number of nitrogens with one attached hydrogen (secondary N) is 1. The lowest BCUT2D eigenvalue weighted by atomic mass is 10.0. The second-order valence-corrected chi connectivity index (χ2v) is 23.1. The summed E-state index contributed by atoms with van der Waals surface area (Å²) in [4.78, 5) is 25.5. The lowest BCUT2D eigenvalue weighted by Crippen LogP contribution is -2.45. The number of aliphatic hydroxyl groups excluding tert-OH is 1. The normalized spacial score (nSPS) is 14.5. The van der Waals surface area contributed by atoms with E-state index in [1.807, 2.05) is 27.2 Å². The molecule has 2 N–H and O–H groups in total. The quantitative estimate of drug-likeness (QED) is 0.0272.